The van der Waals surface area contributed by atoms with Crippen LogP contribution in [0.4, 0.5) is 5.69 Å². The minimum atomic E-state index is -0.993. The van der Waals surface area contributed by atoms with Crippen LogP contribution >= 0.6 is 34.2 Å². The van der Waals surface area contributed by atoms with Gasteiger partial charge in [0.05, 0.1) is 10.7 Å². The molecule has 0 spiro atoms. The Morgan fingerprint density at radius 2 is 1.84 bits per heavy atom. The number of nitrogens with one attached hydrogen (secondary N) is 2. The van der Waals surface area contributed by atoms with E-state index in [1.807, 2.05) is 0 Å². The largest absolute Gasteiger partial charge is 0.493 e. The number of hydrogen-bond donors (Lipinski definition) is 3. The Morgan fingerprint density at radius 1 is 1.16 bits per heavy atom. The monoisotopic (exact) mass is 638 g/mol. The van der Waals surface area contributed by atoms with E-state index >= 15 is 0 Å². The van der Waals surface area contributed by atoms with Crippen molar-refractivity contribution < 1.29 is 19.4 Å². The number of H-pyrrole nitrogens is 1. The second-order valence-electron chi connectivity index (χ2n) is 9.20. The van der Waals surface area contributed by atoms with Crippen LogP contribution in [0.2, 0.25) is 5.02 Å². The second-order valence-corrected chi connectivity index (χ2v) is 10.9. The first-order valence-electron chi connectivity index (χ1n) is 12.0. The molecule has 1 fully saturated rings. The summed E-state index contributed by atoms with van der Waals surface area (Å²) in [7, 11) is 0. The molecule has 196 valence electrons. The lowest BCUT2D eigenvalue weighted by Gasteiger charge is -2.22. The first-order valence-corrected chi connectivity index (χ1v) is 13.4. The summed E-state index contributed by atoms with van der Waals surface area (Å²) < 4.78 is 7.58. The maximum Gasteiger partial charge on any atom is 0.329 e. The molecule has 1 atom stereocenters. The number of rotatable bonds is 8. The molecule has 1 aliphatic heterocycles. The number of halogens is 2. The Balaban J connectivity index is 1.52. The van der Waals surface area contributed by atoms with Crippen molar-refractivity contribution in [1.29, 1.82) is 0 Å². The van der Waals surface area contributed by atoms with Crippen LogP contribution in [0, 0.1) is 9.49 Å². The summed E-state index contributed by atoms with van der Waals surface area (Å²) in [6, 6.07) is 10.9. The molecular formula is C26H28ClIN4O5. The van der Waals surface area contributed by atoms with Crippen LogP contribution in [-0.2, 0) is 9.59 Å². The maximum absolute atomic E-state index is 13.2. The molecule has 1 aromatic heterocycles. The van der Waals surface area contributed by atoms with E-state index in [2.05, 4.69) is 32.9 Å². The number of carbonyl (C=O) groups is 2. The quantitative estimate of drug-likeness (QED) is 0.311. The highest BCUT2D eigenvalue weighted by Crippen LogP contribution is 2.33. The summed E-state index contributed by atoms with van der Waals surface area (Å²) in [5.41, 5.74) is 0.497. The van der Waals surface area contributed by atoms with Gasteiger partial charge in [0.25, 0.3) is 5.91 Å². The molecule has 1 aliphatic rings. The van der Waals surface area contributed by atoms with E-state index in [1.165, 1.54) is 0 Å². The van der Waals surface area contributed by atoms with Gasteiger partial charge >= 0.3 is 5.69 Å². The summed E-state index contributed by atoms with van der Waals surface area (Å²) in [4.78, 5) is 42.7. The van der Waals surface area contributed by atoms with Gasteiger partial charge in [0.1, 0.15) is 17.5 Å². The van der Waals surface area contributed by atoms with Gasteiger partial charge in [-0.25, -0.2) is 9.36 Å². The highest BCUT2D eigenvalue weighted by molar-refractivity contribution is 14.1. The number of benzene rings is 2. The summed E-state index contributed by atoms with van der Waals surface area (Å²) >= 11 is 8.38. The Bertz CT molecular complexity index is 1350. The van der Waals surface area contributed by atoms with E-state index in [9.17, 15) is 19.5 Å². The topological polar surface area (TPSA) is 117 Å². The number of hydrogen-bond acceptors (Lipinski definition) is 5. The molecule has 2 amide bonds. The first kappa shape index (κ1) is 27.1. The molecule has 37 heavy (non-hydrogen) atoms. The Hall–Kier alpha value is -2.99. The van der Waals surface area contributed by atoms with Crippen molar-refractivity contribution in [2.45, 2.75) is 32.7 Å². The number of aromatic hydroxyl groups is 1. The molecule has 3 N–H and O–H groups in total. The van der Waals surface area contributed by atoms with Crippen LogP contribution in [-0.4, -0.2) is 51.1 Å². The number of likely N-dealkylation sites (tertiary alicyclic amines) is 1. The molecule has 0 bridgehead atoms. The number of aromatic nitrogens is 2. The lowest BCUT2D eigenvalue weighted by molar-refractivity contribution is -0.132. The van der Waals surface area contributed by atoms with Gasteiger partial charge < -0.3 is 25.0 Å². The van der Waals surface area contributed by atoms with E-state index in [4.69, 9.17) is 16.3 Å². The normalized spacial score (nSPS) is 14.1. The van der Waals surface area contributed by atoms with E-state index in [1.54, 1.807) is 61.2 Å². The van der Waals surface area contributed by atoms with Gasteiger partial charge in [0.15, 0.2) is 6.61 Å². The van der Waals surface area contributed by atoms with Crippen LogP contribution in [0.3, 0.4) is 0 Å². The zero-order chi connectivity index (χ0) is 26.7. The van der Waals surface area contributed by atoms with Crippen LogP contribution in [0.25, 0.3) is 11.3 Å². The van der Waals surface area contributed by atoms with E-state index in [0.29, 0.717) is 22.0 Å². The molecular weight excluding hydrogens is 611 g/mol. The molecule has 9 nitrogen and oxygen atoms in total. The fourth-order valence-electron chi connectivity index (χ4n) is 4.34. The number of aromatic amines is 1. The Kier molecular flexibility index (Phi) is 8.48. The van der Waals surface area contributed by atoms with Gasteiger partial charge in [-0.2, -0.15) is 0 Å². The fourth-order valence-corrected chi connectivity index (χ4v) is 5.24. The standard InChI is InChI=1S/C26H28ClIN4O5/c1-15(2)23(24(34)29-20-10-7-17(28)13-19(20)27)32-25(35)22(30-26(32)36)16-5-8-18(9-6-16)37-14-21(33)31-11-3-4-12-31/h5-10,13,15,23,35H,3-4,11-12,14H2,1-2H3,(H,29,34)(H,30,36)/t23-/m0/s1. The second kappa shape index (κ2) is 11.6. The number of anilines is 1. The lowest BCUT2D eigenvalue weighted by Crippen LogP contribution is -2.35. The average molecular weight is 639 g/mol. The van der Waals surface area contributed by atoms with Gasteiger partial charge in [0, 0.05) is 22.2 Å². The first-order chi connectivity index (χ1) is 17.7. The van der Waals surface area contributed by atoms with Gasteiger partial charge in [-0.1, -0.05) is 25.4 Å². The number of amides is 2. The Morgan fingerprint density at radius 3 is 2.46 bits per heavy atom. The molecule has 3 aromatic rings. The number of nitrogens with zero attached hydrogens (tertiary/aromatic N) is 2. The molecule has 11 heteroatoms. The molecule has 1 saturated heterocycles. The van der Waals surface area contributed by atoms with Crippen molar-refractivity contribution in [2.24, 2.45) is 5.92 Å². The number of imidazole rings is 1. The minimum Gasteiger partial charge on any atom is -0.493 e. The van der Waals surface area contributed by atoms with Crippen molar-refractivity contribution in [2.75, 3.05) is 25.0 Å². The number of ether oxygens (including phenoxy) is 1. The summed E-state index contributed by atoms with van der Waals surface area (Å²) in [5.74, 6) is -0.715. The van der Waals surface area contributed by atoms with E-state index < -0.39 is 17.6 Å². The summed E-state index contributed by atoms with van der Waals surface area (Å²) in [5, 5.41) is 14.1. The molecule has 2 heterocycles. The van der Waals surface area contributed by atoms with Crippen molar-refractivity contribution in [3.05, 3.63) is 61.5 Å². The van der Waals surface area contributed by atoms with Crippen LogP contribution in [0.1, 0.15) is 32.7 Å². The minimum absolute atomic E-state index is 0.0480. The predicted octanol–water partition coefficient (Wildman–Crippen LogP) is 4.64. The Labute approximate surface area is 232 Å². The van der Waals surface area contributed by atoms with Gasteiger partial charge in [-0.15, -0.1) is 0 Å². The third-order valence-corrected chi connectivity index (χ3v) is 7.22. The van der Waals surface area contributed by atoms with Gasteiger partial charge in [0.2, 0.25) is 11.8 Å². The smallest absolute Gasteiger partial charge is 0.329 e. The van der Waals surface area contributed by atoms with Crippen molar-refractivity contribution >= 4 is 51.7 Å². The van der Waals surface area contributed by atoms with Gasteiger partial charge in [-0.3, -0.25) is 9.59 Å². The molecule has 0 unspecified atom stereocenters. The van der Waals surface area contributed by atoms with Crippen LogP contribution in [0.5, 0.6) is 11.6 Å². The fraction of sp³-hybridized carbons (Fsp3) is 0.346. The summed E-state index contributed by atoms with van der Waals surface area (Å²) in [6.45, 7) is 5.05. The summed E-state index contributed by atoms with van der Waals surface area (Å²) in [6.07, 6.45) is 2.03. The zero-order valence-electron chi connectivity index (χ0n) is 20.5. The maximum atomic E-state index is 13.2. The van der Waals surface area contributed by atoms with Crippen molar-refractivity contribution in [3.8, 4) is 22.9 Å². The van der Waals surface area contributed by atoms with E-state index in [0.717, 1.165) is 34.1 Å². The molecule has 0 saturated carbocycles. The van der Waals surface area contributed by atoms with Crippen molar-refractivity contribution in [1.82, 2.24) is 14.5 Å². The zero-order valence-corrected chi connectivity index (χ0v) is 23.4. The molecule has 2 aromatic carbocycles. The SMILES string of the molecule is CC(C)[C@@H](C(=O)Nc1ccc(I)cc1Cl)n1c(O)c(-c2ccc(OCC(=O)N3CCCC3)cc2)[nH]c1=O. The highest BCUT2D eigenvalue weighted by Gasteiger charge is 2.30. The third kappa shape index (κ3) is 6.12. The van der Waals surface area contributed by atoms with Crippen LogP contribution < -0.4 is 15.7 Å². The van der Waals surface area contributed by atoms with Gasteiger partial charge in [-0.05, 0) is 83.8 Å². The van der Waals surface area contributed by atoms with E-state index in [-0.39, 0.29) is 30.0 Å². The lowest BCUT2D eigenvalue weighted by atomic mass is 10.0. The molecule has 0 radical (unpaired) electrons. The third-order valence-electron chi connectivity index (χ3n) is 6.23. The molecule has 0 aliphatic carbocycles. The predicted molar refractivity (Wildman–Crippen MR) is 150 cm³/mol. The molecule has 4 rings (SSSR count). The highest BCUT2D eigenvalue weighted by atomic mass is 127. The van der Waals surface area contributed by atoms with Crippen molar-refractivity contribution in [3.63, 3.8) is 0 Å². The number of carbonyl (C=O) groups excluding carboxylic acids is 2. The van der Waals surface area contributed by atoms with Crippen LogP contribution in [0.15, 0.2) is 47.3 Å². The average Bonchev–Trinajstić information content (AvgIpc) is 3.49.